The van der Waals surface area contributed by atoms with Crippen molar-refractivity contribution in [3.05, 3.63) is 34.4 Å². The van der Waals surface area contributed by atoms with Crippen molar-refractivity contribution in [2.24, 2.45) is 0 Å². The second kappa shape index (κ2) is 7.93. The molecule has 23 heavy (non-hydrogen) atoms. The maximum absolute atomic E-state index is 12.1. The van der Waals surface area contributed by atoms with E-state index in [1.54, 1.807) is 26.4 Å². The topological polar surface area (TPSA) is 71.3 Å². The first-order valence-electron chi connectivity index (χ1n) is 7.43. The van der Waals surface area contributed by atoms with Crippen LogP contribution in [0.1, 0.15) is 31.2 Å². The standard InChI is InChI=1S/C17H20N2O3S/c1-4-7-23-17-14(10-18)12(9-16(20)19-17)13-8-11(21-2)5-6-15(13)22-3/h5-6,8,12H,4,7,9H2,1-3H3,(H,19,20)/t12-/m1/s1. The van der Waals surface area contributed by atoms with Gasteiger partial charge >= 0.3 is 0 Å². The van der Waals surface area contributed by atoms with Crippen LogP contribution in [0.15, 0.2) is 28.8 Å². The summed E-state index contributed by atoms with van der Waals surface area (Å²) in [4.78, 5) is 12.1. The van der Waals surface area contributed by atoms with Crippen LogP contribution in [0, 0.1) is 11.3 Å². The average Bonchev–Trinajstić information content (AvgIpc) is 2.58. The van der Waals surface area contributed by atoms with E-state index in [-0.39, 0.29) is 18.2 Å². The number of hydrogen-bond donors (Lipinski definition) is 1. The molecule has 1 aliphatic rings. The minimum atomic E-state index is -0.321. The fourth-order valence-corrected chi connectivity index (χ4v) is 3.45. The largest absolute Gasteiger partial charge is 0.497 e. The molecule has 2 rings (SSSR count). The molecule has 1 aromatic rings. The van der Waals surface area contributed by atoms with Gasteiger partial charge in [-0.3, -0.25) is 4.79 Å². The van der Waals surface area contributed by atoms with E-state index >= 15 is 0 Å². The van der Waals surface area contributed by atoms with Gasteiger partial charge in [-0.25, -0.2) is 0 Å². The summed E-state index contributed by atoms with van der Waals surface area (Å²) < 4.78 is 10.7. The molecule has 5 nitrogen and oxygen atoms in total. The molecular weight excluding hydrogens is 312 g/mol. The Morgan fingerprint density at radius 2 is 2.17 bits per heavy atom. The molecule has 0 spiro atoms. The molecule has 0 saturated carbocycles. The van der Waals surface area contributed by atoms with Crippen molar-refractivity contribution in [2.75, 3.05) is 20.0 Å². The first kappa shape index (κ1) is 17.2. The van der Waals surface area contributed by atoms with Crippen molar-refractivity contribution in [1.82, 2.24) is 5.32 Å². The van der Waals surface area contributed by atoms with Crippen molar-refractivity contribution >= 4 is 17.7 Å². The van der Waals surface area contributed by atoms with Crippen LogP contribution in [0.4, 0.5) is 0 Å². The predicted molar refractivity (Wildman–Crippen MR) is 90.4 cm³/mol. The van der Waals surface area contributed by atoms with Crippen molar-refractivity contribution < 1.29 is 14.3 Å². The van der Waals surface area contributed by atoms with E-state index < -0.39 is 0 Å². The molecule has 0 saturated heterocycles. The van der Waals surface area contributed by atoms with Crippen molar-refractivity contribution in [2.45, 2.75) is 25.7 Å². The summed E-state index contributed by atoms with van der Waals surface area (Å²) in [6.45, 7) is 2.06. The normalized spacial score (nSPS) is 17.5. The minimum absolute atomic E-state index is 0.0857. The number of ether oxygens (including phenoxy) is 2. The molecule has 0 unspecified atom stereocenters. The number of carbonyl (C=O) groups is 1. The summed E-state index contributed by atoms with van der Waals surface area (Å²) in [6.07, 6.45) is 1.19. The lowest BCUT2D eigenvalue weighted by Gasteiger charge is -2.26. The summed E-state index contributed by atoms with van der Waals surface area (Å²) in [6, 6.07) is 7.70. The zero-order chi connectivity index (χ0) is 16.8. The van der Waals surface area contributed by atoms with E-state index in [1.807, 2.05) is 6.07 Å². The van der Waals surface area contributed by atoms with Crippen LogP contribution in [-0.4, -0.2) is 25.9 Å². The van der Waals surface area contributed by atoms with E-state index in [4.69, 9.17) is 9.47 Å². The Kier molecular flexibility index (Phi) is 5.94. The Labute approximate surface area is 140 Å². The Balaban J connectivity index is 2.51. The zero-order valence-corrected chi connectivity index (χ0v) is 14.3. The third kappa shape index (κ3) is 3.80. The van der Waals surface area contributed by atoms with Crippen molar-refractivity contribution in [3.8, 4) is 17.6 Å². The first-order valence-corrected chi connectivity index (χ1v) is 8.42. The number of thioether (sulfide) groups is 1. The number of rotatable bonds is 6. The smallest absolute Gasteiger partial charge is 0.225 e. The lowest BCUT2D eigenvalue weighted by Crippen LogP contribution is -2.31. The van der Waals surface area contributed by atoms with E-state index in [2.05, 4.69) is 18.3 Å². The van der Waals surface area contributed by atoms with Crippen LogP contribution < -0.4 is 14.8 Å². The van der Waals surface area contributed by atoms with Gasteiger partial charge in [-0.2, -0.15) is 5.26 Å². The number of hydrogen-bond acceptors (Lipinski definition) is 5. The van der Waals surface area contributed by atoms with Gasteiger partial charge in [0.25, 0.3) is 0 Å². The highest BCUT2D eigenvalue weighted by molar-refractivity contribution is 8.03. The fraction of sp³-hybridized carbons (Fsp3) is 0.412. The van der Waals surface area contributed by atoms with Crippen LogP contribution >= 0.6 is 11.8 Å². The summed E-state index contributed by atoms with van der Waals surface area (Å²) >= 11 is 1.51. The number of amides is 1. The SMILES string of the molecule is CCCSC1=C(C#N)[C@@H](c2cc(OC)ccc2OC)CC(=O)N1. The van der Waals surface area contributed by atoms with E-state index in [0.717, 1.165) is 17.7 Å². The van der Waals surface area contributed by atoms with Crippen LogP contribution in [0.25, 0.3) is 0 Å². The second-order valence-corrected chi connectivity index (χ2v) is 6.22. The second-order valence-electron chi connectivity index (χ2n) is 5.12. The van der Waals surface area contributed by atoms with Crippen molar-refractivity contribution in [3.63, 3.8) is 0 Å². The third-order valence-corrected chi connectivity index (χ3v) is 4.84. The fourth-order valence-electron chi connectivity index (χ4n) is 2.51. The Morgan fingerprint density at radius 3 is 2.78 bits per heavy atom. The van der Waals surface area contributed by atoms with Gasteiger partial charge in [0.15, 0.2) is 0 Å². The summed E-state index contributed by atoms with van der Waals surface area (Å²) in [5, 5.41) is 13.1. The van der Waals surface area contributed by atoms with E-state index in [0.29, 0.717) is 22.1 Å². The molecule has 0 aliphatic carbocycles. The number of carbonyl (C=O) groups excluding carboxylic acids is 1. The summed E-state index contributed by atoms with van der Waals surface area (Å²) in [5.74, 6) is 1.77. The van der Waals surface area contributed by atoms with Gasteiger partial charge in [0.1, 0.15) is 11.5 Å². The monoisotopic (exact) mass is 332 g/mol. The molecule has 0 fully saturated rings. The molecule has 1 heterocycles. The lowest BCUT2D eigenvalue weighted by molar-refractivity contribution is -0.120. The van der Waals surface area contributed by atoms with Gasteiger partial charge in [0.05, 0.1) is 30.9 Å². The van der Waals surface area contributed by atoms with Crippen LogP contribution in [0.5, 0.6) is 11.5 Å². The molecule has 0 bridgehead atoms. The van der Waals surface area contributed by atoms with E-state index in [1.165, 1.54) is 11.8 Å². The maximum atomic E-state index is 12.1. The molecular formula is C17H20N2O3S. The number of nitrogens with zero attached hydrogens (tertiary/aromatic N) is 1. The lowest BCUT2D eigenvalue weighted by atomic mass is 9.86. The summed E-state index contributed by atoms with van der Waals surface area (Å²) in [7, 11) is 3.17. The molecule has 1 amide bonds. The quantitative estimate of drug-likeness (QED) is 0.866. The number of allylic oxidation sites excluding steroid dienone is 1. The molecule has 1 N–H and O–H groups in total. The molecule has 0 aromatic heterocycles. The molecule has 122 valence electrons. The molecule has 1 aliphatic heterocycles. The Morgan fingerprint density at radius 1 is 1.39 bits per heavy atom. The zero-order valence-electron chi connectivity index (χ0n) is 13.5. The maximum Gasteiger partial charge on any atom is 0.225 e. The highest BCUT2D eigenvalue weighted by Crippen LogP contribution is 2.41. The number of nitrogens with one attached hydrogen (secondary N) is 1. The van der Waals surface area contributed by atoms with Gasteiger partial charge in [-0.1, -0.05) is 6.92 Å². The average molecular weight is 332 g/mol. The Hall–Kier alpha value is -2.13. The molecule has 1 aromatic carbocycles. The van der Waals surface area contributed by atoms with Gasteiger partial charge in [0.2, 0.25) is 5.91 Å². The van der Waals surface area contributed by atoms with Gasteiger partial charge in [-0.05, 0) is 30.4 Å². The van der Waals surface area contributed by atoms with Crippen molar-refractivity contribution in [1.29, 1.82) is 5.26 Å². The van der Waals surface area contributed by atoms with Crippen LogP contribution in [0.3, 0.4) is 0 Å². The van der Waals surface area contributed by atoms with Gasteiger partial charge < -0.3 is 14.8 Å². The predicted octanol–water partition coefficient (Wildman–Crippen LogP) is 3.19. The third-order valence-electron chi connectivity index (χ3n) is 3.62. The van der Waals surface area contributed by atoms with E-state index in [9.17, 15) is 10.1 Å². The molecule has 1 atom stereocenters. The Bertz CT molecular complexity index is 664. The summed E-state index contributed by atoms with van der Waals surface area (Å²) in [5.41, 5.74) is 1.38. The highest BCUT2D eigenvalue weighted by Gasteiger charge is 2.31. The van der Waals surface area contributed by atoms with Gasteiger partial charge in [0, 0.05) is 17.9 Å². The minimum Gasteiger partial charge on any atom is -0.497 e. The number of methoxy groups -OCH3 is 2. The van der Waals surface area contributed by atoms with Gasteiger partial charge in [-0.15, -0.1) is 11.8 Å². The number of benzene rings is 1. The highest BCUT2D eigenvalue weighted by atomic mass is 32.2. The van der Waals surface area contributed by atoms with Crippen LogP contribution in [-0.2, 0) is 4.79 Å². The van der Waals surface area contributed by atoms with Crippen LogP contribution in [0.2, 0.25) is 0 Å². The first-order chi connectivity index (χ1) is 11.1. The molecule has 0 radical (unpaired) electrons. The number of nitriles is 1. The molecule has 6 heteroatoms.